The molecule has 0 radical (unpaired) electrons. The van der Waals surface area contributed by atoms with Gasteiger partial charge in [0, 0.05) is 30.1 Å². The fourth-order valence-electron chi connectivity index (χ4n) is 4.93. The Bertz CT molecular complexity index is 766. The first kappa shape index (κ1) is 23.5. The number of hydrogen-bond acceptors (Lipinski definition) is 4. The van der Waals surface area contributed by atoms with E-state index in [9.17, 15) is 9.90 Å². The number of aromatic carboxylic acids is 1. The van der Waals surface area contributed by atoms with Crippen molar-refractivity contribution in [2.45, 2.75) is 78.1 Å². The van der Waals surface area contributed by atoms with E-state index >= 15 is 0 Å². The van der Waals surface area contributed by atoms with E-state index in [0.717, 1.165) is 55.3 Å². The van der Waals surface area contributed by atoms with Crippen LogP contribution < -0.4 is 0 Å². The molecule has 3 rings (SSSR count). The van der Waals surface area contributed by atoms with Crippen LogP contribution in [0.5, 0.6) is 0 Å². The van der Waals surface area contributed by atoms with Crippen LogP contribution in [-0.2, 0) is 5.41 Å². The van der Waals surface area contributed by atoms with E-state index in [1.54, 1.807) is 0 Å². The highest BCUT2D eigenvalue weighted by molar-refractivity contribution is 7.14. The molecule has 0 unspecified atom stereocenters. The Kier molecular flexibility index (Phi) is 7.81. The number of rotatable bonds is 7. The Balaban J connectivity index is 1.99. The quantitative estimate of drug-likeness (QED) is 0.533. The summed E-state index contributed by atoms with van der Waals surface area (Å²) in [5.74, 6) is 0.620. The maximum absolute atomic E-state index is 12.2. The standard InChI is InChI=1S/C25H39NO3S/c1-17-7-9-18(10-8-17)19-11-13-26(12-5-6-14-27)16-21(19)20-15-22(25(2,3)4)30-23(20)24(28)29/h15,17-18,27H,5-14,16H2,1-4H3,(H,28,29). The molecule has 1 aliphatic carbocycles. The smallest absolute Gasteiger partial charge is 0.346 e. The van der Waals surface area contributed by atoms with Crippen molar-refractivity contribution in [3.8, 4) is 0 Å². The molecule has 2 aliphatic rings. The fraction of sp³-hybridized carbons (Fsp3) is 0.720. The number of carboxylic acid groups (broad SMARTS) is 1. The highest BCUT2D eigenvalue weighted by Gasteiger charge is 2.32. The van der Waals surface area contributed by atoms with E-state index in [1.165, 1.54) is 48.2 Å². The van der Waals surface area contributed by atoms with Crippen molar-refractivity contribution in [2.24, 2.45) is 11.8 Å². The van der Waals surface area contributed by atoms with Crippen molar-refractivity contribution in [1.29, 1.82) is 0 Å². The van der Waals surface area contributed by atoms with E-state index in [2.05, 4.69) is 38.7 Å². The van der Waals surface area contributed by atoms with E-state index in [-0.39, 0.29) is 12.0 Å². The number of aliphatic hydroxyl groups is 1. The van der Waals surface area contributed by atoms with E-state index in [4.69, 9.17) is 5.11 Å². The van der Waals surface area contributed by atoms with Gasteiger partial charge >= 0.3 is 5.97 Å². The van der Waals surface area contributed by atoms with Gasteiger partial charge in [0.05, 0.1) is 0 Å². The molecule has 0 atom stereocenters. The summed E-state index contributed by atoms with van der Waals surface area (Å²) in [6, 6.07) is 2.17. The van der Waals surface area contributed by atoms with Crippen LogP contribution in [0.15, 0.2) is 11.6 Å². The molecule has 1 aromatic heterocycles. The van der Waals surface area contributed by atoms with Gasteiger partial charge in [-0.2, -0.15) is 0 Å². The Labute approximate surface area is 186 Å². The lowest BCUT2D eigenvalue weighted by Gasteiger charge is -2.36. The third-order valence-electron chi connectivity index (χ3n) is 6.85. The van der Waals surface area contributed by atoms with Crippen LogP contribution in [0.1, 0.15) is 92.8 Å². The monoisotopic (exact) mass is 433 g/mol. The first-order chi connectivity index (χ1) is 14.2. The lowest BCUT2D eigenvalue weighted by atomic mass is 9.75. The molecule has 2 heterocycles. The summed E-state index contributed by atoms with van der Waals surface area (Å²) in [4.78, 5) is 16.3. The number of nitrogens with zero attached hydrogens (tertiary/aromatic N) is 1. The zero-order chi connectivity index (χ0) is 21.9. The highest BCUT2D eigenvalue weighted by atomic mass is 32.1. The third-order valence-corrected chi connectivity index (χ3v) is 8.40. The topological polar surface area (TPSA) is 60.8 Å². The largest absolute Gasteiger partial charge is 0.477 e. The summed E-state index contributed by atoms with van der Waals surface area (Å²) >= 11 is 1.45. The van der Waals surface area contributed by atoms with E-state index < -0.39 is 5.97 Å². The zero-order valence-corrected chi connectivity index (χ0v) is 20.0. The molecule has 0 amide bonds. The van der Waals surface area contributed by atoms with Gasteiger partial charge in [0.1, 0.15) is 4.88 Å². The molecule has 5 heteroatoms. The molecule has 2 N–H and O–H groups in total. The van der Waals surface area contributed by atoms with Crippen molar-refractivity contribution in [3.63, 3.8) is 0 Å². The lowest BCUT2D eigenvalue weighted by Crippen LogP contribution is -2.34. The second-order valence-corrected chi connectivity index (χ2v) is 11.4. The average Bonchev–Trinajstić information content (AvgIpc) is 3.15. The maximum atomic E-state index is 12.2. The number of carbonyl (C=O) groups is 1. The molecule has 4 nitrogen and oxygen atoms in total. The van der Waals surface area contributed by atoms with Crippen molar-refractivity contribution in [1.82, 2.24) is 4.90 Å². The van der Waals surface area contributed by atoms with Crippen LogP contribution in [0.2, 0.25) is 0 Å². The molecule has 0 spiro atoms. The summed E-state index contributed by atoms with van der Waals surface area (Å²) in [6.45, 7) is 11.9. The minimum absolute atomic E-state index is 0.0520. The second kappa shape index (κ2) is 9.97. The Morgan fingerprint density at radius 3 is 2.50 bits per heavy atom. The van der Waals surface area contributed by atoms with Crippen LogP contribution in [0.3, 0.4) is 0 Å². The fourth-order valence-corrected chi connectivity index (χ4v) is 6.01. The summed E-state index contributed by atoms with van der Waals surface area (Å²) in [6.07, 6.45) is 7.91. The van der Waals surface area contributed by atoms with Crippen LogP contribution >= 0.6 is 11.3 Å². The average molecular weight is 434 g/mol. The van der Waals surface area contributed by atoms with Gasteiger partial charge in [-0.25, -0.2) is 4.79 Å². The number of hydrogen-bond donors (Lipinski definition) is 2. The predicted octanol–water partition coefficient (Wildman–Crippen LogP) is 5.80. The lowest BCUT2D eigenvalue weighted by molar-refractivity contribution is 0.0701. The molecule has 30 heavy (non-hydrogen) atoms. The first-order valence-corrected chi connectivity index (χ1v) is 12.5. The summed E-state index contributed by atoms with van der Waals surface area (Å²) in [5, 5.41) is 19.1. The van der Waals surface area contributed by atoms with Crippen LogP contribution in [0.25, 0.3) is 5.57 Å². The van der Waals surface area contributed by atoms with Crippen molar-refractivity contribution < 1.29 is 15.0 Å². The predicted molar refractivity (Wildman–Crippen MR) is 125 cm³/mol. The third kappa shape index (κ3) is 5.54. The number of carboxylic acids is 1. The second-order valence-electron chi connectivity index (χ2n) is 10.3. The number of aliphatic hydroxyl groups excluding tert-OH is 1. The molecule has 1 saturated carbocycles. The van der Waals surface area contributed by atoms with Gasteiger partial charge in [0.25, 0.3) is 0 Å². The minimum atomic E-state index is -0.799. The molecular formula is C25H39NO3S. The van der Waals surface area contributed by atoms with Gasteiger partial charge in [0.2, 0.25) is 0 Å². The molecular weight excluding hydrogens is 394 g/mol. The maximum Gasteiger partial charge on any atom is 0.346 e. The molecule has 0 aromatic carbocycles. The Morgan fingerprint density at radius 2 is 1.90 bits per heavy atom. The molecule has 1 fully saturated rings. The van der Waals surface area contributed by atoms with E-state index in [1.807, 2.05) is 0 Å². The van der Waals surface area contributed by atoms with Crippen molar-refractivity contribution in [3.05, 3.63) is 27.0 Å². The molecule has 1 aromatic rings. The van der Waals surface area contributed by atoms with Crippen LogP contribution in [-0.4, -0.2) is 47.3 Å². The summed E-state index contributed by atoms with van der Waals surface area (Å²) in [7, 11) is 0. The van der Waals surface area contributed by atoms with Gasteiger partial charge in [-0.1, -0.05) is 46.1 Å². The molecule has 1 aliphatic heterocycles. The van der Waals surface area contributed by atoms with Gasteiger partial charge in [-0.15, -0.1) is 11.3 Å². The van der Waals surface area contributed by atoms with Crippen LogP contribution in [0, 0.1) is 11.8 Å². The SMILES string of the molecule is CC1CCC(C2=C(c3cc(C(C)(C)C)sc3C(=O)O)CN(CCCCO)CC2)CC1. The zero-order valence-electron chi connectivity index (χ0n) is 19.2. The van der Waals surface area contributed by atoms with Gasteiger partial charge in [0.15, 0.2) is 0 Å². The minimum Gasteiger partial charge on any atom is -0.477 e. The first-order valence-electron chi connectivity index (χ1n) is 11.6. The van der Waals surface area contributed by atoms with Gasteiger partial charge in [-0.05, 0) is 67.5 Å². The molecule has 0 bridgehead atoms. The van der Waals surface area contributed by atoms with E-state index in [0.29, 0.717) is 10.8 Å². The molecule has 0 saturated heterocycles. The molecule has 168 valence electrons. The number of unbranched alkanes of at least 4 members (excludes halogenated alkanes) is 1. The number of thiophene rings is 1. The Hall–Kier alpha value is -1.17. The highest BCUT2D eigenvalue weighted by Crippen LogP contribution is 2.43. The van der Waals surface area contributed by atoms with Gasteiger partial charge < -0.3 is 10.2 Å². The van der Waals surface area contributed by atoms with Gasteiger partial charge in [-0.3, -0.25) is 4.90 Å². The summed E-state index contributed by atoms with van der Waals surface area (Å²) < 4.78 is 0. The Morgan fingerprint density at radius 1 is 1.20 bits per heavy atom. The van der Waals surface area contributed by atoms with Crippen molar-refractivity contribution >= 4 is 22.9 Å². The normalized spacial score (nSPS) is 23.8. The van der Waals surface area contributed by atoms with Crippen LogP contribution in [0.4, 0.5) is 0 Å². The van der Waals surface area contributed by atoms with Crippen molar-refractivity contribution in [2.75, 3.05) is 26.2 Å². The summed E-state index contributed by atoms with van der Waals surface area (Å²) in [5.41, 5.74) is 3.73.